The number of hydrogen-bond acceptors (Lipinski definition) is 5. The highest BCUT2D eigenvalue weighted by Crippen LogP contribution is 2.42. The molecule has 2 aliphatic rings. The lowest BCUT2D eigenvalue weighted by molar-refractivity contribution is 0.0950. The molecule has 0 spiro atoms. The molecule has 0 unspecified atom stereocenters. The van der Waals surface area contributed by atoms with Crippen LogP contribution in [0.3, 0.4) is 0 Å². The summed E-state index contributed by atoms with van der Waals surface area (Å²) in [4.78, 5) is 15.2. The second kappa shape index (κ2) is 8.69. The largest absolute Gasteiger partial charge is 0.497 e. The summed E-state index contributed by atoms with van der Waals surface area (Å²) in [5, 5.41) is 0.771. The third kappa shape index (κ3) is 3.97. The van der Waals surface area contributed by atoms with E-state index in [0.29, 0.717) is 30.3 Å². The average Bonchev–Trinajstić information content (AvgIpc) is 3.14. The highest BCUT2D eigenvalue weighted by Gasteiger charge is 2.33. The van der Waals surface area contributed by atoms with Crippen LogP contribution >= 0.6 is 11.6 Å². The van der Waals surface area contributed by atoms with Crippen molar-refractivity contribution in [1.29, 1.82) is 0 Å². The second-order valence-corrected chi connectivity index (χ2v) is 8.21. The normalized spacial score (nSPS) is 16.3. The van der Waals surface area contributed by atoms with Crippen molar-refractivity contribution in [3.8, 4) is 17.2 Å². The maximum absolute atomic E-state index is 13.0. The van der Waals surface area contributed by atoms with E-state index in [1.165, 1.54) is 0 Å². The Labute approximate surface area is 191 Å². The first kappa shape index (κ1) is 20.6. The molecule has 0 saturated heterocycles. The molecule has 0 bridgehead atoms. The summed E-state index contributed by atoms with van der Waals surface area (Å²) >= 11 is 6.30. The highest BCUT2D eigenvalue weighted by atomic mass is 35.5. The molecule has 2 aliphatic heterocycles. The van der Waals surface area contributed by atoms with E-state index in [9.17, 15) is 4.79 Å². The topological polar surface area (TPSA) is 48.0 Å². The Morgan fingerprint density at radius 2 is 2.00 bits per heavy atom. The van der Waals surface area contributed by atoms with Crippen molar-refractivity contribution in [2.45, 2.75) is 13.0 Å². The number of carbonyl (C=O) groups excluding carboxylic acids is 1. The maximum Gasteiger partial charge on any atom is 0.231 e. The van der Waals surface area contributed by atoms with E-state index in [0.717, 1.165) is 46.2 Å². The smallest absolute Gasteiger partial charge is 0.231 e. The molecule has 0 atom stereocenters. The predicted octanol–water partition coefficient (Wildman–Crippen LogP) is 5.36. The van der Waals surface area contributed by atoms with Crippen molar-refractivity contribution in [2.24, 2.45) is 0 Å². The second-order valence-electron chi connectivity index (χ2n) is 7.80. The van der Waals surface area contributed by atoms with Crippen LogP contribution in [0, 0.1) is 0 Å². The van der Waals surface area contributed by atoms with E-state index in [4.69, 9.17) is 25.8 Å². The summed E-state index contributed by atoms with van der Waals surface area (Å²) < 4.78 is 17.3. The van der Waals surface area contributed by atoms with Gasteiger partial charge in [0.2, 0.25) is 5.78 Å². The highest BCUT2D eigenvalue weighted by molar-refractivity contribution is 6.31. The maximum atomic E-state index is 13.0. The van der Waals surface area contributed by atoms with Gasteiger partial charge in [0.25, 0.3) is 0 Å². The fraction of sp³-hybridized carbons (Fsp3) is 0.192. The summed E-state index contributed by atoms with van der Waals surface area (Å²) in [6, 6.07) is 19.0. The fourth-order valence-electron chi connectivity index (χ4n) is 4.01. The number of benzene rings is 3. The molecule has 0 amide bonds. The number of halogens is 1. The Morgan fingerprint density at radius 1 is 1.12 bits per heavy atom. The van der Waals surface area contributed by atoms with Gasteiger partial charge in [0.15, 0.2) is 5.76 Å². The number of methoxy groups -OCH3 is 1. The Hall–Kier alpha value is -3.28. The Balaban J connectivity index is 1.37. The van der Waals surface area contributed by atoms with Crippen LogP contribution in [0.15, 0.2) is 66.4 Å². The van der Waals surface area contributed by atoms with Gasteiger partial charge in [-0.2, -0.15) is 0 Å². The number of fused-ring (bicyclic) bond motifs is 3. The van der Waals surface area contributed by atoms with Crippen LogP contribution < -0.4 is 14.2 Å². The van der Waals surface area contributed by atoms with Gasteiger partial charge in [0.1, 0.15) is 24.0 Å². The first-order chi connectivity index (χ1) is 15.6. The summed E-state index contributed by atoms with van der Waals surface area (Å²) in [5.41, 5.74) is 3.41. The minimum atomic E-state index is -0.126. The van der Waals surface area contributed by atoms with Gasteiger partial charge in [-0.1, -0.05) is 41.9 Å². The van der Waals surface area contributed by atoms with Crippen molar-refractivity contribution in [1.82, 2.24) is 4.90 Å². The molecule has 3 aromatic carbocycles. The molecular weight excluding hydrogens is 426 g/mol. The average molecular weight is 448 g/mol. The molecule has 6 heteroatoms. The third-order valence-electron chi connectivity index (χ3n) is 5.73. The lowest BCUT2D eigenvalue weighted by atomic mass is 10.0. The van der Waals surface area contributed by atoms with Gasteiger partial charge in [-0.15, -0.1) is 0 Å². The number of carbonyl (C=O) groups is 1. The van der Waals surface area contributed by atoms with Crippen molar-refractivity contribution >= 4 is 23.5 Å². The molecule has 0 aromatic heterocycles. The number of Topliss-reactive ketones (excluding diaryl/α,β-unsaturated/α-hetero) is 1. The van der Waals surface area contributed by atoms with Gasteiger partial charge in [0.05, 0.1) is 18.2 Å². The Kier molecular flexibility index (Phi) is 5.60. The number of nitrogens with zero attached hydrogens (tertiary/aromatic N) is 1. The standard InChI is InChI=1S/C26H22ClNO4/c1-30-19-7-4-5-17(13-19)14-24-25(29)20-9-10-23-21(26(20)32-24)15-28(16-31-23)12-11-18-6-2-3-8-22(18)27/h2-10,13-14H,11-12,15-16H2,1H3/b24-14-. The van der Waals surface area contributed by atoms with Crippen LogP contribution in [0.1, 0.15) is 27.0 Å². The van der Waals surface area contributed by atoms with Crippen LogP contribution in [0.5, 0.6) is 17.2 Å². The Morgan fingerprint density at radius 3 is 2.84 bits per heavy atom. The number of allylic oxidation sites excluding steroid dienone is 1. The van der Waals surface area contributed by atoms with Gasteiger partial charge >= 0.3 is 0 Å². The van der Waals surface area contributed by atoms with Crippen molar-refractivity contribution in [2.75, 3.05) is 20.4 Å². The van der Waals surface area contributed by atoms with Crippen molar-refractivity contribution in [3.05, 3.63) is 93.7 Å². The van der Waals surface area contributed by atoms with Gasteiger partial charge in [-0.05, 0) is 54.0 Å². The molecular formula is C26H22ClNO4. The number of rotatable bonds is 5. The zero-order valence-electron chi connectivity index (χ0n) is 17.6. The zero-order chi connectivity index (χ0) is 22.1. The van der Waals surface area contributed by atoms with Gasteiger partial charge in [0, 0.05) is 18.1 Å². The minimum Gasteiger partial charge on any atom is -0.497 e. The number of ether oxygens (including phenoxy) is 3. The summed E-state index contributed by atoms with van der Waals surface area (Å²) in [5.74, 6) is 2.24. The fourth-order valence-corrected chi connectivity index (χ4v) is 4.24. The summed E-state index contributed by atoms with van der Waals surface area (Å²) in [6.45, 7) is 1.91. The van der Waals surface area contributed by atoms with Crippen LogP contribution in [-0.2, 0) is 13.0 Å². The van der Waals surface area contributed by atoms with Crippen LogP contribution in [0.25, 0.3) is 6.08 Å². The molecule has 32 heavy (non-hydrogen) atoms. The monoisotopic (exact) mass is 447 g/mol. The van der Waals surface area contributed by atoms with Crippen LogP contribution in [-0.4, -0.2) is 31.1 Å². The van der Waals surface area contributed by atoms with E-state index >= 15 is 0 Å². The van der Waals surface area contributed by atoms with Crippen molar-refractivity contribution in [3.63, 3.8) is 0 Å². The minimum absolute atomic E-state index is 0.126. The third-order valence-corrected chi connectivity index (χ3v) is 6.10. The molecule has 2 heterocycles. The van der Waals surface area contributed by atoms with E-state index in [1.807, 2.05) is 54.6 Å². The molecule has 0 N–H and O–H groups in total. The van der Waals surface area contributed by atoms with Crippen LogP contribution in [0.2, 0.25) is 5.02 Å². The number of hydrogen-bond donors (Lipinski definition) is 0. The molecule has 5 nitrogen and oxygen atoms in total. The Bertz CT molecular complexity index is 1220. The lowest BCUT2D eigenvalue weighted by Gasteiger charge is -2.29. The number of ketones is 1. The van der Waals surface area contributed by atoms with E-state index in [1.54, 1.807) is 19.3 Å². The first-order valence-electron chi connectivity index (χ1n) is 10.4. The van der Waals surface area contributed by atoms with Crippen LogP contribution in [0.4, 0.5) is 0 Å². The van der Waals surface area contributed by atoms with Gasteiger partial charge < -0.3 is 14.2 Å². The summed E-state index contributed by atoms with van der Waals surface area (Å²) in [6.07, 6.45) is 2.56. The zero-order valence-corrected chi connectivity index (χ0v) is 18.4. The summed E-state index contributed by atoms with van der Waals surface area (Å²) in [7, 11) is 1.61. The molecule has 0 aliphatic carbocycles. The van der Waals surface area contributed by atoms with E-state index in [-0.39, 0.29) is 5.78 Å². The van der Waals surface area contributed by atoms with E-state index in [2.05, 4.69) is 4.90 Å². The molecule has 0 radical (unpaired) electrons. The molecule has 0 fully saturated rings. The SMILES string of the molecule is COc1cccc(/C=C2\Oc3c(ccc4c3CN(CCc3ccccc3Cl)CO4)C2=O)c1. The quantitative estimate of drug-likeness (QED) is 0.493. The molecule has 5 rings (SSSR count). The van der Waals surface area contributed by atoms with Gasteiger partial charge in [-0.25, -0.2) is 0 Å². The van der Waals surface area contributed by atoms with Gasteiger partial charge in [-0.3, -0.25) is 9.69 Å². The predicted molar refractivity (Wildman–Crippen MR) is 123 cm³/mol. The molecule has 0 saturated carbocycles. The lowest BCUT2D eigenvalue weighted by Crippen LogP contribution is -2.33. The van der Waals surface area contributed by atoms with Crippen molar-refractivity contribution < 1.29 is 19.0 Å². The molecule has 162 valence electrons. The molecule has 3 aromatic rings. The first-order valence-corrected chi connectivity index (χ1v) is 10.8. The van der Waals surface area contributed by atoms with E-state index < -0.39 is 0 Å².